The molecular weight excluding hydrogens is 312 g/mol. The molecule has 0 aromatic carbocycles. The third-order valence-corrected chi connectivity index (χ3v) is 4.38. The molecule has 0 saturated carbocycles. The molecule has 2 aromatic heterocycles. The first-order valence-corrected chi connectivity index (χ1v) is 7.68. The maximum absolute atomic E-state index is 4.57. The zero-order valence-electron chi connectivity index (χ0n) is 10.4. The number of rotatable bonds is 5. The van der Waals surface area contributed by atoms with Crippen LogP contribution in [0.5, 0.6) is 0 Å². The van der Waals surface area contributed by atoms with E-state index in [9.17, 15) is 0 Å². The van der Waals surface area contributed by atoms with E-state index in [4.69, 9.17) is 0 Å². The summed E-state index contributed by atoms with van der Waals surface area (Å²) in [5, 5.41) is 5.37. The van der Waals surface area contributed by atoms with Gasteiger partial charge in [-0.05, 0) is 35.3 Å². The van der Waals surface area contributed by atoms with Gasteiger partial charge in [0.15, 0.2) is 5.16 Å². The van der Waals surface area contributed by atoms with Crippen LogP contribution in [0.15, 0.2) is 28.1 Å². The van der Waals surface area contributed by atoms with Crippen molar-refractivity contribution < 1.29 is 0 Å². The topological polar surface area (TPSA) is 43.6 Å². The van der Waals surface area contributed by atoms with E-state index in [1.165, 1.54) is 5.69 Å². The second kappa shape index (κ2) is 6.33. The number of hydrogen-bond donors (Lipinski definition) is 0. The van der Waals surface area contributed by atoms with E-state index >= 15 is 0 Å². The Morgan fingerprint density at radius 3 is 2.61 bits per heavy atom. The van der Waals surface area contributed by atoms with E-state index in [1.807, 2.05) is 10.7 Å². The molecule has 6 heteroatoms. The highest BCUT2D eigenvalue weighted by Gasteiger charge is 2.14. The van der Waals surface area contributed by atoms with Crippen molar-refractivity contribution in [3.8, 4) is 0 Å². The predicted octanol–water partition coefficient (Wildman–Crippen LogP) is 3.31. The average Bonchev–Trinajstić information content (AvgIpc) is 2.73. The first-order valence-electron chi connectivity index (χ1n) is 5.90. The van der Waals surface area contributed by atoms with E-state index < -0.39 is 0 Å². The average molecular weight is 327 g/mol. The van der Waals surface area contributed by atoms with E-state index in [1.54, 1.807) is 24.2 Å². The van der Waals surface area contributed by atoms with Crippen LogP contribution in [0.2, 0.25) is 0 Å². The van der Waals surface area contributed by atoms with Gasteiger partial charge in [0.2, 0.25) is 0 Å². The van der Waals surface area contributed by atoms with Gasteiger partial charge in [-0.2, -0.15) is 5.10 Å². The summed E-state index contributed by atoms with van der Waals surface area (Å²) in [5.74, 6) is 0.825. The molecule has 0 atom stereocenters. The van der Waals surface area contributed by atoms with Gasteiger partial charge in [-0.15, -0.1) is 0 Å². The number of halogens is 1. The molecule has 0 unspecified atom stereocenters. The fourth-order valence-corrected chi connectivity index (χ4v) is 3.37. The van der Waals surface area contributed by atoms with Crippen molar-refractivity contribution in [2.45, 2.75) is 37.7 Å². The molecule has 4 nitrogen and oxygen atoms in total. The highest BCUT2D eigenvalue weighted by atomic mass is 79.9. The van der Waals surface area contributed by atoms with Gasteiger partial charge in [0.1, 0.15) is 0 Å². The van der Waals surface area contributed by atoms with Crippen LogP contribution in [0.1, 0.15) is 25.2 Å². The monoisotopic (exact) mass is 326 g/mol. The minimum Gasteiger partial charge on any atom is -0.268 e. The molecule has 0 saturated heterocycles. The zero-order valence-corrected chi connectivity index (χ0v) is 12.8. The van der Waals surface area contributed by atoms with Crippen LogP contribution in [-0.4, -0.2) is 19.7 Å². The third kappa shape index (κ3) is 2.92. The molecule has 0 spiro atoms. The Kier molecular flexibility index (Phi) is 4.77. The molecule has 96 valence electrons. The van der Waals surface area contributed by atoms with Crippen molar-refractivity contribution in [3.05, 3.63) is 34.3 Å². The molecule has 0 amide bonds. The summed E-state index contributed by atoms with van der Waals surface area (Å²) in [7, 11) is 0. The van der Waals surface area contributed by atoms with Crippen molar-refractivity contribution in [1.29, 1.82) is 0 Å². The highest BCUT2D eigenvalue weighted by Crippen LogP contribution is 2.27. The van der Waals surface area contributed by atoms with Crippen LogP contribution in [0.4, 0.5) is 0 Å². The quantitative estimate of drug-likeness (QED) is 0.624. The fraction of sp³-hybridized carbons (Fsp3) is 0.417. The van der Waals surface area contributed by atoms with Crippen molar-refractivity contribution in [2.24, 2.45) is 0 Å². The number of thioether (sulfide) groups is 1. The van der Waals surface area contributed by atoms with Crippen molar-refractivity contribution in [1.82, 2.24) is 19.7 Å². The van der Waals surface area contributed by atoms with Crippen LogP contribution in [0.3, 0.4) is 0 Å². The van der Waals surface area contributed by atoms with E-state index in [0.717, 1.165) is 34.0 Å². The van der Waals surface area contributed by atoms with Gasteiger partial charge in [0.05, 0.1) is 15.9 Å². The Morgan fingerprint density at radius 1 is 1.28 bits per heavy atom. The van der Waals surface area contributed by atoms with Crippen LogP contribution in [0, 0.1) is 0 Å². The van der Waals surface area contributed by atoms with Crippen LogP contribution in [0.25, 0.3) is 0 Å². The van der Waals surface area contributed by atoms with Gasteiger partial charge in [0.25, 0.3) is 0 Å². The molecule has 0 bridgehead atoms. The number of nitrogens with zero attached hydrogens (tertiary/aromatic N) is 4. The van der Waals surface area contributed by atoms with Gasteiger partial charge in [-0.1, -0.05) is 18.7 Å². The number of aromatic nitrogens is 4. The summed E-state index contributed by atoms with van der Waals surface area (Å²) in [6.45, 7) is 5.10. The molecule has 18 heavy (non-hydrogen) atoms. The van der Waals surface area contributed by atoms with Gasteiger partial charge < -0.3 is 0 Å². The lowest BCUT2D eigenvalue weighted by Crippen LogP contribution is -2.02. The SMILES string of the molecule is CCc1nn(CC)c(CSc2ncccn2)c1Br. The molecule has 2 rings (SSSR count). The maximum Gasteiger partial charge on any atom is 0.187 e. The smallest absolute Gasteiger partial charge is 0.187 e. The Balaban J connectivity index is 2.16. The highest BCUT2D eigenvalue weighted by molar-refractivity contribution is 9.10. The summed E-state index contributed by atoms with van der Waals surface area (Å²) in [6.07, 6.45) is 4.46. The molecule has 0 aliphatic carbocycles. The molecular formula is C12H15BrN4S. The van der Waals surface area contributed by atoms with Crippen molar-refractivity contribution in [3.63, 3.8) is 0 Å². The first-order chi connectivity index (χ1) is 8.76. The molecule has 0 N–H and O–H groups in total. The molecule has 0 radical (unpaired) electrons. The number of hydrogen-bond acceptors (Lipinski definition) is 4. The summed E-state index contributed by atoms with van der Waals surface area (Å²) in [5.41, 5.74) is 2.31. The molecule has 0 aliphatic heterocycles. The minimum absolute atomic E-state index is 0.798. The summed E-state index contributed by atoms with van der Waals surface area (Å²) in [6, 6.07) is 1.82. The lowest BCUT2D eigenvalue weighted by Gasteiger charge is -2.04. The Bertz CT molecular complexity index is 512. The largest absolute Gasteiger partial charge is 0.268 e. The first kappa shape index (κ1) is 13.5. The van der Waals surface area contributed by atoms with E-state index in [-0.39, 0.29) is 0 Å². The van der Waals surface area contributed by atoms with Gasteiger partial charge in [-0.25, -0.2) is 9.97 Å². The minimum atomic E-state index is 0.798. The zero-order chi connectivity index (χ0) is 13.0. The second-order valence-corrected chi connectivity index (χ2v) is 5.43. The Labute approximate surface area is 119 Å². The van der Waals surface area contributed by atoms with E-state index in [2.05, 4.69) is 44.8 Å². The van der Waals surface area contributed by atoms with Gasteiger partial charge >= 0.3 is 0 Å². The lowest BCUT2D eigenvalue weighted by molar-refractivity contribution is 0.627. The molecule has 0 aliphatic rings. The number of aryl methyl sites for hydroxylation is 2. The summed E-state index contributed by atoms with van der Waals surface area (Å²) in [4.78, 5) is 8.43. The Morgan fingerprint density at radius 2 is 2.00 bits per heavy atom. The molecule has 2 heterocycles. The summed E-state index contributed by atoms with van der Waals surface area (Å²) >= 11 is 5.27. The van der Waals surface area contributed by atoms with Crippen molar-refractivity contribution in [2.75, 3.05) is 0 Å². The van der Waals surface area contributed by atoms with Crippen molar-refractivity contribution >= 4 is 27.7 Å². The van der Waals surface area contributed by atoms with Gasteiger partial charge in [0, 0.05) is 24.7 Å². The fourth-order valence-electron chi connectivity index (χ4n) is 1.65. The van der Waals surface area contributed by atoms with Crippen LogP contribution < -0.4 is 0 Å². The molecule has 0 fully saturated rings. The van der Waals surface area contributed by atoms with E-state index in [0.29, 0.717) is 0 Å². The maximum atomic E-state index is 4.57. The Hall–Kier alpha value is -0.880. The summed E-state index contributed by atoms with van der Waals surface area (Å²) < 4.78 is 3.16. The van der Waals surface area contributed by atoms with Crippen LogP contribution in [-0.2, 0) is 18.7 Å². The van der Waals surface area contributed by atoms with Gasteiger partial charge in [-0.3, -0.25) is 4.68 Å². The second-order valence-electron chi connectivity index (χ2n) is 3.70. The van der Waals surface area contributed by atoms with Crippen LogP contribution >= 0.6 is 27.7 Å². The lowest BCUT2D eigenvalue weighted by atomic mass is 10.3. The normalized spacial score (nSPS) is 10.8. The predicted molar refractivity (Wildman–Crippen MR) is 76.6 cm³/mol. The molecule has 2 aromatic rings. The standard InChI is InChI=1S/C12H15BrN4S/c1-3-9-11(13)10(17(4-2)16-9)8-18-12-14-6-5-7-15-12/h5-7H,3-4,8H2,1-2H3. The third-order valence-electron chi connectivity index (χ3n) is 2.57.